The number of aryl methyl sites for hydroxylation is 1. The predicted molar refractivity (Wildman–Crippen MR) is 109 cm³/mol. The first-order valence-electron chi connectivity index (χ1n) is 9.82. The van der Waals surface area contributed by atoms with Crippen LogP contribution in [0.4, 0.5) is 4.79 Å². The molecule has 1 atom stereocenters. The number of amides is 1. The van der Waals surface area contributed by atoms with Crippen molar-refractivity contribution in [2.75, 3.05) is 32.8 Å². The number of para-hydroxylation sites is 1. The fourth-order valence-electron chi connectivity index (χ4n) is 4.13. The van der Waals surface area contributed by atoms with Crippen LogP contribution in [0.2, 0.25) is 0 Å². The molecule has 0 radical (unpaired) electrons. The normalized spacial score (nSPS) is 16.3. The molecule has 1 N–H and O–H groups in total. The molecule has 0 unspecified atom stereocenters. The average Bonchev–Trinajstić information content (AvgIpc) is 3.06. The minimum absolute atomic E-state index is 0.0918. The fraction of sp³-hybridized carbons (Fsp3) is 0.364. The van der Waals surface area contributed by atoms with E-state index in [4.69, 9.17) is 4.74 Å². The zero-order valence-electron chi connectivity index (χ0n) is 16.4. The Labute approximate surface area is 165 Å². The van der Waals surface area contributed by atoms with Crippen molar-refractivity contribution in [1.82, 2.24) is 19.8 Å². The first-order valence-corrected chi connectivity index (χ1v) is 9.82. The highest BCUT2D eigenvalue weighted by Gasteiger charge is 2.31. The molecule has 0 bridgehead atoms. The van der Waals surface area contributed by atoms with Crippen LogP contribution in [0.25, 0.3) is 10.9 Å². The average molecular weight is 378 g/mol. The molecule has 28 heavy (non-hydrogen) atoms. The third kappa shape index (κ3) is 3.47. The van der Waals surface area contributed by atoms with Gasteiger partial charge in [-0.05, 0) is 31.5 Å². The summed E-state index contributed by atoms with van der Waals surface area (Å²) >= 11 is 0. The topological polar surface area (TPSA) is 61.5 Å². The zero-order chi connectivity index (χ0) is 19.5. The molecule has 6 nitrogen and oxygen atoms in total. The molecule has 3 heterocycles. The number of pyridine rings is 1. The number of fused-ring (bicyclic) bond motifs is 1. The Balaban J connectivity index is 1.68. The van der Waals surface area contributed by atoms with E-state index in [1.165, 1.54) is 22.2 Å². The molecule has 1 aliphatic heterocycles. The van der Waals surface area contributed by atoms with Crippen LogP contribution in [-0.2, 0) is 4.74 Å². The number of nitrogens with one attached hydrogen (secondary N) is 1. The first-order chi connectivity index (χ1) is 13.7. The van der Waals surface area contributed by atoms with Crippen molar-refractivity contribution in [2.45, 2.75) is 19.9 Å². The number of carbonyl (C=O) groups is 1. The van der Waals surface area contributed by atoms with Crippen LogP contribution >= 0.6 is 0 Å². The number of hydrogen-bond acceptors (Lipinski definition) is 4. The molecule has 2 aromatic heterocycles. The van der Waals surface area contributed by atoms with Crippen molar-refractivity contribution in [2.24, 2.45) is 0 Å². The first kappa shape index (κ1) is 18.5. The number of carbonyl (C=O) groups excluding carboxylic acids is 1. The lowest BCUT2D eigenvalue weighted by Gasteiger charge is -2.39. The smallest absolute Gasteiger partial charge is 0.409 e. The molecule has 4 rings (SSSR count). The van der Waals surface area contributed by atoms with E-state index in [1.807, 2.05) is 19.2 Å². The van der Waals surface area contributed by atoms with Crippen molar-refractivity contribution < 1.29 is 9.53 Å². The molecule has 1 aliphatic rings. The summed E-state index contributed by atoms with van der Waals surface area (Å²) in [5.41, 5.74) is 4.77. The second kappa shape index (κ2) is 8.02. The van der Waals surface area contributed by atoms with Gasteiger partial charge in [0.2, 0.25) is 0 Å². The number of piperazine rings is 1. The van der Waals surface area contributed by atoms with E-state index in [9.17, 15) is 4.79 Å². The summed E-state index contributed by atoms with van der Waals surface area (Å²) in [5.74, 6) is 0. The number of benzene rings is 1. The standard InChI is InChI=1S/C22H26N4O2/c1-3-28-22(27)26-13-11-25(12-14-26)21(17-7-6-10-23-15-17)20-16(2)24-19-9-5-4-8-18(19)20/h4-10,15,21,24H,3,11-14H2,1-2H3/t21-/m0/s1. The lowest BCUT2D eigenvalue weighted by Crippen LogP contribution is -2.50. The maximum absolute atomic E-state index is 12.1. The molecule has 1 amide bonds. The third-order valence-corrected chi connectivity index (χ3v) is 5.42. The molecular weight excluding hydrogens is 352 g/mol. The Morgan fingerprint density at radius 2 is 1.96 bits per heavy atom. The number of nitrogens with zero attached hydrogens (tertiary/aromatic N) is 3. The summed E-state index contributed by atoms with van der Waals surface area (Å²) in [4.78, 5) is 24.2. The Morgan fingerprint density at radius 3 is 2.68 bits per heavy atom. The molecule has 1 saturated heterocycles. The summed E-state index contributed by atoms with van der Waals surface area (Å²) in [7, 11) is 0. The lowest BCUT2D eigenvalue weighted by atomic mass is 9.95. The Bertz CT molecular complexity index is 946. The van der Waals surface area contributed by atoms with E-state index in [1.54, 1.807) is 11.1 Å². The number of rotatable bonds is 4. The van der Waals surface area contributed by atoms with E-state index >= 15 is 0 Å². The van der Waals surface area contributed by atoms with Gasteiger partial charge in [-0.15, -0.1) is 0 Å². The van der Waals surface area contributed by atoms with Crippen LogP contribution in [0.3, 0.4) is 0 Å². The third-order valence-electron chi connectivity index (χ3n) is 5.42. The lowest BCUT2D eigenvalue weighted by molar-refractivity contribution is 0.0715. The van der Waals surface area contributed by atoms with Gasteiger partial charge in [-0.25, -0.2) is 4.79 Å². The van der Waals surface area contributed by atoms with Gasteiger partial charge in [0.25, 0.3) is 0 Å². The van der Waals surface area contributed by atoms with Crippen LogP contribution in [0.15, 0.2) is 48.8 Å². The number of aromatic amines is 1. The monoisotopic (exact) mass is 378 g/mol. The van der Waals surface area contributed by atoms with Gasteiger partial charge in [-0.1, -0.05) is 24.3 Å². The second-order valence-corrected chi connectivity index (χ2v) is 7.12. The summed E-state index contributed by atoms with van der Waals surface area (Å²) in [6, 6.07) is 12.6. The van der Waals surface area contributed by atoms with Gasteiger partial charge in [-0.2, -0.15) is 0 Å². The highest BCUT2D eigenvalue weighted by molar-refractivity contribution is 5.85. The van der Waals surface area contributed by atoms with Crippen LogP contribution in [0.1, 0.15) is 29.8 Å². The molecule has 1 fully saturated rings. The summed E-state index contributed by atoms with van der Waals surface area (Å²) in [5, 5.41) is 1.24. The van der Waals surface area contributed by atoms with E-state index in [-0.39, 0.29) is 12.1 Å². The van der Waals surface area contributed by atoms with Crippen LogP contribution < -0.4 is 0 Å². The van der Waals surface area contributed by atoms with Crippen LogP contribution in [0, 0.1) is 6.92 Å². The fourth-order valence-corrected chi connectivity index (χ4v) is 4.13. The van der Waals surface area contributed by atoms with Gasteiger partial charge in [0.1, 0.15) is 0 Å². The molecule has 0 saturated carbocycles. The highest BCUT2D eigenvalue weighted by atomic mass is 16.6. The van der Waals surface area contributed by atoms with Gasteiger partial charge < -0.3 is 14.6 Å². The molecule has 1 aromatic carbocycles. The van der Waals surface area contributed by atoms with Gasteiger partial charge >= 0.3 is 6.09 Å². The number of aromatic nitrogens is 2. The minimum atomic E-state index is -0.219. The minimum Gasteiger partial charge on any atom is -0.450 e. The summed E-state index contributed by atoms with van der Waals surface area (Å²) in [6.45, 7) is 7.29. The van der Waals surface area contributed by atoms with E-state index in [2.05, 4.69) is 52.1 Å². The van der Waals surface area contributed by atoms with Gasteiger partial charge in [-0.3, -0.25) is 9.88 Å². The van der Waals surface area contributed by atoms with Gasteiger partial charge in [0.15, 0.2) is 0 Å². The Hall–Kier alpha value is -2.86. The zero-order valence-corrected chi connectivity index (χ0v) is 16.4. The quantitative estimate of drug-likeness (QED) is 0.751. The maximum atomic E-state index is 12.1. The van der Waals surface area contributed by atoms with Crippen molar-refractivity contribution in [3.8, 4) is 0 Å². The van der Waals surface area contributed by atoms with Crippen molar-refractivity contribution in [1.29, 1.82) is 0 Å². The SMILES string of the molecule is CCOC(=O)N1CCN([C@@H](c2cccnc2)c2c(C)[nH]c3ccccc23)CC1. The van der Waals surface area contributed by atoms with Crippen molar-refractivity contribution in [3.05, 3.63) is 65.6 Å². The highest BCUT2D eigenvalue weighted by Crippen LogP contribution is 2.36. The molecule has 0 spiro atoms. The number of ether oxygens (including phenoxy) is 1. The number of hydrogen-bond donors (Lipinski definition) is 1. The van der Waals surface area contributed by atoms with E-state index in [0.717, 1.165) is 18.6 Å². The second-order valence-electron chi connectivity index (χ2n) is 7.12. The van der Waals surface area contributed by atoms with E-state index in [0.29, 0.717) is 19.7 Å². The van der Waals surface area contributed by atoms with Crippen molar-refractivity contribution >= 4 is 17.0 Å². The largest absolute Gasteiger partial charge is 0.450 e. The van der Waals surface area contributed by atoms with Gasteiger partial charge in [0, 0.05) is 60.7 Å². The molecule has 0 aliphatic carbocycles. The Kier molecular flexibility index (Phi) is 5.30. The molecular formula is C22H26N4O2. The summed E-state index contributed by atoms with van der Waals surface area (Å²) in [6.07, 6.45) is 3.54. The van der Waals surface area contributed by atoms with Gasteiger partial charge in [0.05, 0.1) is 12.6 Å². The molecule has 146 valence electrons. The maximum Gasteiger partial charge on any atom is 0.409 e. The van der Waals surface area contributed by atoms with Crippen molar-refractivity contribution in [3.63, 3.8) is 0 Å². The van der Waals surface area contributed by atoms with E-state index < -0.39 is 0 Å². The number of H-pyrrole nitrogens is 1. The predicted octanol–water partition coefficient (Wildman–Crippen LogP) is 3.73. The molecule has 6 heteroatoms. The summed E-state index contributed by atoms with van der Waals surface area (Å²) < 4.78 is 5.16. The Morgan fingerprint density at radius 1 is 1.18 bits per heavy atom. The van der Waals surface area contributed by atoms with Crippen LogP contribution in [-0.4, -0.2) is 58.6 Å². The molecule has 3 aromatic rings. The van der Waals surface area contributed by atoms with Crippen LogP contribution in [0.5, 0.6) is 0 Å².